The SMILES string of the molecule is CCC(C)C(CCc1ccc(C)cc1)NN. The number of nitrogens with one attached hydrogen (secondary N) is 1. The van der Waals surface area contributed by atoms with E-state index in [1.807, 2.05) is 0 Å². The molecule has 2 nitrogen and oxygen atoms in total. The van der Waals surface area contributed by atoms with Gasteiger partial charge in [-0.05, 0) is 31.2 Å². The zero-order valence-corrected chi connectivity index (χ0v) is 10.7. The fraction of sp³-hybridized carbons (Fsp3) is 0.571. The summed E-state index contributed by atoms with van der Waals surface area (Å²) in [6, 6.07) is 9.18. The monoisotopic (exact) mass is 220 g/mol. The highest BCUT2D eigenvalue weighted by Gasteiger charge is 2.13. The number of hydrogen-bond acceptors (Lipinski definition) is 2. The van der Waals surface area contributed by atoms with Crippen molar-refractivity contribution in [2.75, 3.05) is 0 Å². The third kappa shape index (κ3) is 3.95. The molecule has 1 aromatic rings. The fourth-order valence-electron chi connectivity index (χ4n) is 1.89. The van der Waals surface area contributed by atoms with Crippen LogP contribution in [0.3, 0.4) is 0 Å². The molecule has 0 heterocycles. The van der Waals surface area contributed by atoms with Crippen LogP contribution >= 0.6 is 0 Å². The van der Waals surface area contributed by atoms with E-state index in [2.05, 4.69) is 50.5 Å². The molecule has 2 heteroatoms. The Morgan fingerprint density at radius 2 is 1.88 bits per heavy atom. The molecule has 2 atom stereocenters. The number of hydrazine groups is 1. The standard InChI is InChI=1S/C14H24N2/c1-4-12(3)14(16-15)10-9-13-7-5-11(2)6-8-13/h5-8,12,14,16H,4,9-10,15H2,1-3H3. The molecule has 0 bridgehead atoms. The van der Waals surface area contributed by atoms with Gasteiger partial charge in [-0.15, -0.1) is 0 Å². The maximum absolute atomic E-state index is 5.59. The van der Waals surface area contributed by atoms with E-state index < -0.39 is 0 Å². The average Bonchev–Trinajstić information content (AvgIpc) is 2.31. The highest BCUT2D eigenvalue weighted by atomic mass is 15.2. The molecule has 0 fully saturated rings. The molecule has 0 saturated carbocycles. The second-order valence-electron chi connectivity index (χ2n) is 4.68. The van der Waals surface area contributed by atoms with Gasteiger partial charge < -0.3 is 0 Å². The lowest BCUT2D eigenvalue weighted by Crippen LogP contribution is -2.40. The van der Waals surface area contributed by atoms with Crippen LogP contribution < -0.4 is 11.3 Å². The number of aryl methyl sites for hydroxylation is 2. The first-order chi connectivity index (χ1) is 7.67. The van der Waals surface area contributed by atoms with Gasteiger partial charge in [-0.3, -0.25) is 11.3 Å². The topological polar surface area (TPSA) is 38.0 Å². The van der Waals surface area contributed by atoms with Gasteiger partial charge in [0.05, 0.1) is 0 Å². The third-order valence-corrected chi connectivity index (χ3v) is 3.41. The van der Waals surface area contributed by atoms with Crippen molar-refractivity contribution in [2.24, 2.45) is 11.8 Å². The first kappa shape index (κ1) is 13.2. The van der Waals surface area contributed by atoms with E-state index in [-0.39, 0.29) is 0 Å². The minimum Gasteiger partial charge on any atom is -0.271 e. The quantitative estimate of drug-likeness (QED) is 0.571. The second kappa shape index (κ2) is 6.66. The molecule has 3 N–H and O–H groups in total. The van der Waals surface area contributed by atoms with Gasteiger partial charge in [0.15, 0.2) is 0 Å². The number of rotatable bonds is 6. The molecule has 2 unspecified atom stereocenters. The molecule has 1 rings (SSSR count). The van der Waals surface area contributed by atoms with E-state index in [1.54, 1.807) is 0 Å². The molecule has 1 aromatic carbocycles. The van der Waals surface area contributed by atoms with Crippen molar-refractivity contribution < 1.29 is 0 Å². The molecule has 0 aliphatic carbocycles. The first-order valence-electron chi connectivity index (χ1n) is 6.19. The zero-order chi connectivity index (χ0) is 12.0. The summed E-state index contributed by atoms with van der Waals surface area (Å²) in [5.41, 5.74) is 5.65. The van der Waals surface area contributed by atoms with E-state index in [0.717, 1.165) is 12.8 Å². The highest BCUT2D eigenvalue weighted by Crippen LogP contribution is 2.14. The van der Waals surface area contributed by atoms with Crippen LogP contribution in [0.1, 0.15) is 37.8 Å². The lowest BCUT2D eigenvalue weighted by Gasteiger charge is -2.21. The summed E-state index contributed by atoms with van der Waals surface area (Å²) in [6.07, 6.45) is 3.37. The summed E-state index contributed by atoms with van der Waals surface area (Å²) < 4.78 is 0. The molecule has 0 aliphatic heterocycles. The third-order valence-electron chi connectivity index (χ3n) is 3.41. The van der Waals surface area contributed by atoms with Gasteiger partial charge in [0.25, 0.3) is 0 Å². The summed E-state index contributed by atoms with van der Waals surface area (Å²) in [5.74, 6) is 6.22. The van der Waals surface area contributed by atoms with Crippen molar-refractivity contribution >= 4 is 0 Å². The molecule has 0 aliphatic rings. The number of benzene rings is 1. The van der Waals surface area contributed by atoms with Crippen molar-refractivity contribution in [1.29, 1.82) is 0 Å². The Hall–Kier alpha value is -0.860. The Kier molecular flexibility index (Phi) is 5.50. The van der Waals surface area contributed by atoms with Crippen LogP contribution in [0.5, 0.6) is 0 Å². The Balaban J connectivity index is 2.46. The predicted octanol–water partition coefficient (Wildman–Crippen LogP) is 2.81. The Bertz CT molecular complexity index is 292. The predicted molar refractivity (Wildman–Crippen MR) is 70.1 cm³/mol. The second-order valence-corrected chi connectivity index (χ2v) is 4.68. The van der Waals surface area contributed by atoms with Gasteiger partial charge >= 0.3 is 0 Å². The maximum atomic E-state index is 5.59. The Morgan fingerprint density at radius 1 is 1.25 bits per heavy atom. The van der Waals surface area contributed by atoms with Crippen molar-refractivity contribution in [3.05, 3.63) is 35.4 Å². The van der Waals surface area contributed by atoms with Gasteiger partial charge in [-0.25, -0.2) is 0 Å². The number of hydrogen-bond donors (Lipinski definition) is 2. The van der Waals surface area contributed by atoms with Crippen molar-refractivity contribution in [3.8, 4) is 0 Å². The molecule has 90 valence electrons. The summed E-state index contributed by atoms with van der Waals surface area (Å²) in [5, 5.41) is 0. The summed E-state index contributed by atoms with van der Waals surface area (Å²) in [4.78, 5) is 0. The van der Waals surface area contributed by atoms with Crippen LogP contribution in [-0.2, 0) is 6.42 Å². The molecule has 0 saturated heterocycles. The van der Waals surface area contributed by atoms with Gasteiger partial charge in [0.1, 0.15) is 0 Å². The van der Waals surface area contributed by atoms with Crippen molar-refractivity contribution in [3.63, 3.8) is 0 Å². The van der Waals surface area contributed by atoms with Crippen LogP contribution in [0.25, 0.3) is 0 Å². The summed E-state index contributed by atoms with van der Waals surface area (Å²) in [7, 11) is 0. The maximum Gasteiger partial charge on any atom is 0.0239 e. The van der Waals surface area contributed by atoms with E-state index in [0.29, 0.717) is 12.0 Å². The molecular weight excluding hydrogens is 196 g/mol. The van der Waals surface area contributed by atoms with Crippen LogP contribution in [0, 0.1) is 12.8 Å². The lowest BCUT2D eigenvalue weighted by atomic mass is 9.94. The van der Waals surface area contributed by atoms with E-state index >= 15 is 0 Å². The lowest BCUT2D eigenvalue weighted by molar-refractivity contribution is 0.353. The molecule has 0 spiro atoms. The largest absolute Gasteiger partial charge is 0.271 e. The summed E-state index contributed by atoms with van der Waals surface area (Å²) in [6.45, 7) is 6.58. The van der Waals surface area contributed by atoms with Gasteiger partial charge in [-0.2, -0.15) is 0 Å². The number of nitrogens with two attached hydrogens (primary N) is 1. The fourth-order valence-corrected chi connectivity index (χ4v) is 1.89. The van der Waals surface area contributed by atoms with Crippen LogP contribution in [0.4, 0.5) is 0 Å². The smallest absolute Gasteiger partial charge is 0.0239 e. The van der Waals surface area contributed by atoms with Crippen LogP contribution in [0.15, 0.2) is 24.3 Å². The van der Waals surface area contributed by atoms with E-state index in [1.165, 1.54) is 17.5 Å². The van der Waals surface area contributed by atoms with Gasteiger partial charge in [0.2, 0.25) is 0 Å². The van der Waals surface area contributed by atoms with E-state index in [4.69, 9.17) is 5.84 Å². The Morgan fingerprint density at radius 3 is 2.38 bits per heavy atom. The normalized spacial score (nSPS) is 14.8. The molecular formula is C14H24N2. The van der Waals surface area contributed by atoms with E-state index in [9.17, 15) is 0 Å². The molecule has 0 amide bonds. The van der Waals surface area contributed by atoms with Crippen molar-refractivity contribution in [1.82, 2.24) is 5.43 Å². The zero-order valence-electron chi connectivity index (χ0n) is 10.7. The average molecular weight is 220 g/mol. The summed E-state index contributed by atoms with van der Waals surface area (Å²) >= 11 is 0. The molecule has 16 heavy (non-hydrogen) atoms. The minimum atomic E-state index is 0.423. The van der Waals surface area contributed by atoms with Gasteiger partial charge in [-0.1, -0.05) is 50.1 Å². The highest BCUT2D eigenvalue weighted by molar-refractivity contribution is 5.21. The van der Waals surface area contributed by atoms with Crippen LogP contribution in [-0.4, -0.2) is 6.04 Å². The first-order valence-corrected chi connectivity index (χ1v) is 6.19. The Labute approximate surface area is 99.2 Å². The molecule has 0 aromatic heterocycles. The molecule has 0 radical (unpaired) electrons. The van der Waals surface area contributed by atoms with Gasteiger partial charge in [0, 0.05) is 6.04 Å². The minimum absolute atomic E-state index is 0.423. The van der Waals surface area contributed by atoms with Crippen molar-refractivity contribution in [2.45, 2.75) is 46.1 Å². The van der Waals surface area contributed by atoms with Crippen LogP contribution in [0.2, 0.25) is 0 Å².